The summed E-state index contributed by atoms with van der Waals surface area (Å²) >= 11 is 1.70. The summed E-state index contributed by atoms with van der Waals surface area (Å²) in [5, 5.41) is 12.6. The highest BCUT2D eigenvalue weighted by atomic mass is 32.1. The predicted octanol–water partition coefficient (Wildman–Crippen LogP) is 2.26. The van der Waals surface area contributed by atoms with E-state index in [1.165, 1.54) is 4.88 Å². The van der Waals surface area contributed by atoms with Gasteiger partial charge < -0.3 is 10.4 Å². The van der Waals surface area contributed by atoms with Crippen molar-refractivity contribution < 1.29 is 5.11 Å². The first kappa shape index (κ1) is 12.6. The van der Waals surface area contributed by atoms with Crippen LogP contribution >= 0.6 is 11.3 Å². The monoisotopic (exact) mass is 228 g/mol. The number of aromatic nitrogens is 1. The minimum atomic E-state index is -0.188. The maximum absolute atomic E-state index is 9.11. The Balaban J connectivity index is 2.25. The van der Waals surface area contributed by atoms with E-state index in [2.05, 4.69) is 17.2 Å². The number of aryl methyl sites for hydroxylation is 1. The SMILES string of the molecule is Cc1ncsc1C(C)NCCCC(C)O. The molecule has 0 bridgehead atoms. The number of nitrogens with zero attached hydrogens (tertiary/aromatic N) is 1. The summed E-state index contributed by atoms with van der Waals surface area (Å²) in [5.41, 5.74) is 3.01. The molecule has 0 aliphatic heterocycles. The van der Waals surface area contributed by atoms with Crippen LogP contribution in [0.5, 0.6) is 0 Å². The molecule has 15 heavy (non-hydrogen) atoms. The van der Waals surface area contributed by atoms with Gasteiger partial charge in [0.2, 0.25) is 0 Å². The summed E-state index contributed by atoms with van der Waals surface area (Å²) in [5.74, 6) is 0. The average molecular weight is 228 g/mol. The van der Waals surface area contributed by atoms with Crippen LogP contribution in [0.4, 0.5) is 0 Å². The molecule has 1 heterocycles. The second-order valence-corrected chi connectivity index (χ2v) is 4.86. The van der Waals surface area contributed by atoms with Crippen LogP contribution in [-0.4, -0.2) is 22.7 Å². The summed E-state index contributed by atoms with van der Waals surface area (Å²) in [4.78, 5) is 5.54. The van der Waals surface area contributed by atoms with E-state index in [4.69, 9.17) is 5.11 Å². The van der Waals surface area contributed by atoms with Gasteiger partial charge in [-0.15, -0.1) is 11.3 Å². The Bertz CT molecular complexity index is 286. The molecule has 2 N–H and O–H groups in total. The summed E-state index contributed by atoms with van der Waals surface area (Å²) in [6.07, 6.45) is 1.69. The normalized spacial score (nSPS) is 15.2. The van der Waals surface area contributed by atoms with E-state index in [0.29, 0.717) is 6.04 Å². The summed E-state index contributed by atoms with van der Waals surface area (Å²) in [6, 6.07) is 0.367. The number of hydrogen-bond donors (Lipinski definition) is 2. The van der Waals surface area contributed by atoms with Gasteiger partial charge >= 0.3 is 0 Å². The van der Waals surface area contributed by atoms with Gasteiger partial charge in [-0.2, -0.15) is 0 Å². The van der Waals surface area contributed by atoms with Crippen molar-refractivity contribution in [2.45, 2.75) is 45.8 Å². The molecule has 0 amide bonds. The standard InChI is InChI=1S/C11H20N2OS/c1-8(14)5-4-6-12-9(2)11-10(3)13-7-15-11/h7-9,12,14H,4-6H2,1-3H3. The van der Waals surface area contributed by atoms with E-state index >= 15 is 0 Å². The second-order valence-electron chi connectivity index (χ2n) is 3.97. The second kappa shape index (κ2) is 6.20. The lowest BCUT2D eigenvalue weighted by Gasteiger charge is -2.13. The molecule has 0 aromatic carbocycles. The number of hydrogen-bond acceptors (Lipinski definition) is 4. The molecule has 4 heteroatoms. The zero-order chi connectivity index (χ0) is 11.3. The summed E-state index contributed by atoms with van der Waals surface area (Å²) in [7, 11) is 0. The molecule has 0 radical (unpaired) electrons. The van der Waals surface area contributed by atoms with E-state index in [1.807, 2.05) is 19.4 Å². The predicted molar refractivity (Wildman–Crippen MR) is 64.2 cm³/mol. The molecule has 86 valence electrons. The molecule has 1 aromatic heterocycles. The molecule has 2 unspecified atom stereocenters. The van der Waals surface area contributed by atoms with Crippen molar-refractivity contribution >= 4 is 11.3 Å². The molecule has 0 saturated carbocycles. The van der Waals surface area contributed by atoms with E-state index in [1.54, 1.807) is 11.3 Å². The molecule has 0 spiro atoms. The fourth-order valence-electron chi connectivity index (χ4n) is 1.54. The Morgan fingerprint density at radius 3 is 2.80 bits per heavy atom. The highest BCUT2D eigenvalue weighted by Crippen LogP contribution is 2.20. The highest BCUT2D eigenvalue weighted by molar-refractivity contribution is 7.09. The van der Waals surface area contributed by atoms with Crippen LogP contribution in [0.3, 0.4) is 0 Å². The average Bonchev–Trinajstić information content (AvgIpc) is 2.58. The van der Waals surface area contributed by atoms with Crippen LogP contribution in [0, 0.1) is 6.92 Å². The first-order valence-corrected chi connectivity index (χ1v) is 6.30. The van der Waals surface area contributed by atoms with Crippen LogP contribution < -0.4 is 5.32 Å². The van der Waals surface area contributed by atoms with Crippen molar-refractivity contribution in [2.75, 3.05) is 6.54 Å². The maximum atomic E-state index is 9.11. The van der Waals surface area contributed by atoms with Gasteiger partial charge in [-0.1, -0.05) is 0 Å². The van der Waals surface area contributed by atoms with E-state index in [0.717, 1.165) is 25.1 Å². The van der Waals surface area contributed by atoms with Crippen molar-refractivity contribution in [3.8, 4) is 0 Å². The lowest BCUT2D eigenvalue weighted by atomic mass is 10.2. The van der Waals surface area contributed by atoms with E-state index in [-0.39, 0.29) is 6.10 Å². The maximum Gasteiger partial charge on any atom is 0.0798 e. The zero-order valence-corrected chi connectivity index (χ0v) is 10.5. The topological polar surface area (TPSA) is 45.2 Å². The third-order valence-electron chi connectivity index (χ3n) is 2.43. The minimum absolute atomic E-state index is 0.188. The third kappa shape index (κ3) is 4.28. The Kier molecular flexibility index (Phi) is 5.22. The fraction of sp³-hybridized carbons (Fsp3) is 0.727. The Morgan fingerprint density at radius 1 is 1.53 bits per heavy atom. The molecule has 0 aliphatic carbocycles. The van der Waals surface area contributed by atoms with Gasteiger partial charge in [0.05, 0.1) is 17.3 Å². The lowest BCUT2D eigenvalue weighted by Crippen LogP contribution is -2.20. The van der Waals surface area contributed by atoms with Gasteiger partial charge in [0.25, 0.3) is 0 Å². The summed E-state index contributed by atoms with van der Waals surface area (Å²) in [6.45, 7) is 6.98. The molecular weight excluding hydrogens is 208 g/mol. The van der Waals surface area contributed by atoms with Crippen LogP contribution in [0.15, 0.2) is 5.51 Å². The Hall–Kier alpha value is -0.450. The fourth-order valence-corrected chi connectivity index (χ4v) is 2.37. The number of aliphatic hydroxyl groups is 1. The van der Waals surface area contributed by atoms with E-state index < -0.39 is 0 Å². The van der Waals surface area contributed by atoms with Crippen molar-refractivity contribution in [1.29, 1.82) is 0 Å². The van der Waals surface area contributed by atoms with Gasteiger partial charge in [-0.05, 0) is 40.2 Å². The zero-order valence-electron chi connectivity index (χ0n) is 9.66. The first-order chi connectivity index (χ1) is 7.11. The molecule has 1 aromatic rings. The van der Waals surface area contributed by atoms with Gasteiger partial charge in [0.15, 0.2) is 0 Å². The number of thiazole rings is 1. The Labute approximate surface area is 95.6 Å². The van der Waals surface area contributed by atoms with Crippen LogP contribution in [0.2, 0.25) is 0 Å². The molecular formula is C11H20N2OS. The van der Waals surface area contributed by atoms with Crippen LogP contribution in [0.25, 0.3) is 0 Å². The molecule has 0 saturated heterocycles. The molecule has 1 rings (SSSR count). The number of nitrogens with one attached hydrogen (secondary N) is 1. The van der Waals surface area contributed by atoms with Gasteiger partial charge in [0.1, 0.15) is 0 Å². The molecule has 2 atom stereocenters. The van der Waals surface area contributed by atoms with Crippen LogP contribution in [-0.2, 0) is 0 Å². The number of rotatable bonds is 6. The van der Waals surface area contributed by atoms with Gasteiger partial charge in [0, 0.05) is 10.9 Å². The van der Waals surface area contributed by atoms with Gasteiger partial charge in [-0.3, -0.25) is 0 Å². The van der Waals surface area contributed by atoms with Crippen molar-refractivity contribution in [3.05, 3.63) is 16.1 Å². The van der Waals surface area contributed by atoms with Gasteiger partial charge in [-0.25, -0.2) is 4.98 Å². The van der Waals surface area contributed by atoms with Crippen molar-refractivity contribution in [3.63, 3.8) is 0 Å². The van der Waals surface area contributed by atoms with E-state index in [9.17, 15) is 0 Å². The van der Waals surface area contributed by atoms with Crippen LogP contribution in [0.1, 0.15) is 43.3 Å². The Morgan fingerprint density at radius 2 is 2.27 bits per heavy atom. The summed E-state index contributed by atoms with van der Waals surface area (Å²) < 4.78 is 0. The minimum Gasteiger partial charge on any atom is -0.393 e. The van der Waals surface area contributed by atoms with Crippen molar-refractivity contribution in [1.82, 2.24) is 10.3 Å². The first-order valence-electron chi connectivity index (χ1n) is 5.42. The lowest BCUT2D eigenvalue weighted by molar-refractivity contribution is 0.181. The smallest absolute Gasteiger partial charge is 0.0798 e. The number of aliphatic hydroxyl groups excluding tert-OH is 1. The third-order valence-corrected chi connectivity index (χ3v) is 3.54. The molecule has 0 aliphatic rings. The molecule has 0 fully saturated rings. The quantitative estimate of drug-likeness (QED) is 0.734. The molecule has 3 nitrogen and oxygen atoms in total. The van der Waals surface area contributed by atoms with Crippen molar-refractivity contribution in [2.24, 2.45) is 0 Å². The largest absolute Gasteiger partial charge is 0.393 e. The highest BCUT2D eigenvalue weighted by Gasteiger charge is 2.09.